The average molecular weight is 568 g/mol. The summed E-state index contributed by atoms with van der Waals surface area (Å²) in [6.45, 7) is 5.50. The first-order valence-electron chi connectivity index (χ1n) is 13.1. The van der Waals surface area contributed by atoms with Crippen molar-refractivity contribution < 1.29 is 13.2 Å². The SMILES string of the molecule is CCCCS(=O)(=O)c1cc(N)cc(-c2cnc(NC(C)C)c(=O)n2CC(=O)NCC2=CCC=C(C(=N)N)C=C2)c1. The van der Waals surface area contributed by atoms with Crippen molar-refractivity contribution in [3.05, 3.63) is 70.2 Å². The summed E-state index contributed by atoms with van der Waals surface area (Å²) in [6, 6.07) is 4.33. The Balaban J connectivity index is 1.94. The van der Waals surface area contributed by atoms with Gasteiger partial charge in [-0.25, -0.2) is 13.4 Å². The van der Waals surface area contributed by atoms with Gasteiger partial charge in [0.25, 0.3) is 5.56 Å². The van der Waals surface area contributed by atoms with Gasteiger partial charge in [0.1, 0.15) is 12.4 Å². The number of hydrogen-bond donors (Lipinski definition) is 5. The van der Waals surface area contributed by atoms with Crippen molar-refractivity contribution in [1.82, 2.24) is 14.9 Å². The van der Waals surface area contributed by atoms with Crippen LogP contribution >= 0.6 is 0 Å². The molecule has 1 aromatic heterocycles. The number of unbranched alkanes of at least 4 members (excludes halogenated alkanes) is 1. The predicted molar refractivity (Wildman–Crippen MR) is 159 cm³/mol. The molecule has 0 aliphatic heterocycles. The van der Waals surface area contributed by atoms with Gasteiger partial charge in [0.2, 0.25) is 5.91 Å². The van der Waals surface area contributed by atoms with Gasteiger partial charge in [-0.1, -0.05) is 37.6 Å². The number of allylic oxidation sites excluding steroid dienone is 2. The highest BCUT2D eigenvalue weighted by molar-refractivity contribution is 7.91. The number of amidine groups is 1. The number of hydrogen-bond acceptors (Lipinski definition) is 8. The minimum absolute atomic E-state index is 0.0230. The molecule has 7 N–H and O–H groups in total. The van der Waals surface area contributed by atoms with Crippen LogP contribution in [0.15, 0.2) is 69.5 Å². The average Bonchev–Trinajstić information content (AvgIpc) is 3.14. The molecule has 2 aromatic rings. The summed E-state index contributed by atoms with van der Waals surface area (Å²) in [6.07, 6.45) is 10.4. The van der Waals surface area contributed by atoms with Crippen molar-refractivity contribution in [3.8, 4) is 11.3 Å². The molecule has 0 fully saturated rings. The number of anilines is 2. The molecule has 0 unspecified atom stereocenters. The van der Waals surface area contributed by atoms with Crippen LogP contribution in [0.2, 0.25) is 0 Å². The zero-order valence-electron chi connectivity index (χ0n) is 23.0. The molecule has 40 heavy (non-hydrogen) atoms. The lowest BCUT2D eigenvalue weighted by Crippen LogP contribution is -2.35. The van der Waals surface area contributed by atoms with Crippen LogP contribution in [0.4, 0.5) is 11.5 Å². The Bertz CT molecular complexity index is 1540. The lowest BCUT2D eigenvalue weighted by molar-refractivity contribution is -0.121. The number of nitrogens with two attached hydrogens (primary N) is 2. The van der Waals surface area contributed by atoms with E-state index < -0.39 is 21.3 Å². The second-order valence-electron chi connectivity index (χ2n) is 9.84. The zero-order valence-corrected chi connectivity index (χ0v) is 23.8. The summed E-state index contributed by atoms with van der Waals surface area (Å²) < 4.78 is 27.1. The minimum atomic E-state index is -3.60. The Kier molecular flexibility index (Phi) is 10.1. The smallest absolute Gasteiger partial charge is 0.294 e. The molecule has 1 aromatic carbocycles. The lowest BCUT2D eigenvalue weighted by atomic mass is 10.1. The van der Waals surface area contributed by atoms with Gasteiger partial charge >= 0.3 is 0 Å². The Morgan fingerprint density at radius 3 is 2.62 bits per heavy atom. The van der Waals surface area contributed by atoms with Crippen LogP contribution in [0.5, 0.6) is 0 Å². The minimum Gasteiger partial charge on any atom is -0.399 e. The summed E-state index contributed by atoms with van der Waals surface area (Å²) >= 11 is 0. The summed E-state index contributed by atoms with van der Waals surface area (Å²) in [7, 11) is -3.60. The fraction of sp³-hybridized carbons (Fsp3) is 0.357. The Labute approximate surface area is 234 Å². The van der Waals surface area contributed by atoms with Crippen molar-refractivity contribution >= 4 is 33.1 Å². The van der Waals surface area contributed by atoms with Gasteiger partial charge in [0.15, 0.2) is 15.7 Å². The number of rotatable bonds is 12. The van der Waals surface area contributed by atoms with Crippen molar-refractivity contribution in [3.63, 3.8) is 0 Å². The predicted octanol–water partition coefficient (Wildman–Crippen LogP) is 2.75. The van der Waals surface area contributed by atoms with Gasteiger partial charge in [-0.3, -0.25) is 19.6 Å². The Morgan fingerprint density at radius 1 is 1.20 bits per heavy atom. The maximum Gasteiger partial charge on any atom is 0.294 e. The number of nitrogens with zero attached hydrogens (tertiary/aromatic N) is 2. The third-order valence-electron chi connectivity index (χ3n) is 6.13. The molecule has 1 aliphatic carbocycles. The first kappa shape index (κ1) is 30.4. The first-order chi connectivity index (χ1) is 18.9. The normalized spacial score (nSPS) is 13.4. The Morgan fingerprint density at radius 2 is 1.95 bits per heavy atom. The lowest BCUT2D eigenvalue weighted by Gasteiger charge is -2.17. The van der Waals surface area contributed by atoms with Gasteiger partial charge in [-0.15, -0.1) is 0 Å². The summed E-state index contributed by atoms with van der Waals surface area (Å²) in [4.78, 5) is 30.8. The third kappa shape index (κ3) is 7.92. The summed E-state index contributed by atoms with van der Waals surface area (Å²) in [5.74, 6) is -0.412. The van der Waals surface area contributed by atoms with Crippen LogP contribution in [-0.2, 0) is 21.2 Å². The molecule has 0 saturated carbocycles. The standard InChI is InChI=1S/C28H37N7O4S/c1-4-5-11-40(38,39)23-13-21(12-22(29)14-23)24-16-33-27(34-18(2)3)28(37)35(24)17-25(36)32-15-19-7-6-8-20(10-9-19)26(30)31/h7-10,12-14,16,18H,4-6,11,15,17,29H2,1-3H3,(H3,30,31)(H,32,36)(H,33,34). The van der Waals surface area contributed by atoms with Crippen LogP contribution in [0.25, 0.3) is 11.3 Å². The van der Waals surface area contributed by atoms with Crippen molar-refractivity contribution in [2.24, 2.45) is 5.73 Å². The van der Waals surface area contributed by atoms with Gasteiger partial charge < -0.3 is 22.1 Å². The largest absolute Gasteiger partial charge is 0.399 e. The number of benzene rings is 1. The van der Waals surface area contributed by atoms with E-state index in [-0.39, 0.29) is 52.8 Å². The molecular formula is C28H37N7O4S. The number of nitrogens with one attached hydrogen (secondary N) is 3. The fourth-order valence-electron chi connectivity index (χ4n) is 4.05. The third-order valence-corrected chi connectivity index (χ3v) is 7.91. The monoisotopic (exact) mass is 567 g/mol. The summed E-state index contributed by atoms with van der Waals surface area (Å²) in [5.41, 5.74) is 13.4. The molecule has 1 heterocycles. The quantitative estimate of drug-likeness (QED) is 0.147. The van der Waals surface area contributed by atoms with E-state index in [0.29, 0.717) is 24.0 Å². The molecule has 12 heteroatoms. The van der Waals surface area contributed by atoms with Crippen LogP contribution < -0.4 is 27.7 Å². The topological polar surface area (TPSA) is 186 Å². The van der Waals surface area contributed by atoms with Gasteiger partial charge in [0.05, 0.1) is 22.5 Å². The molecule has 214 valence electrons. The van der Waals surface area contributed by atoms with E-state index in [4.69, 9.17) is 16.9 Å². The molecular weight excluding hydrogens is 530 g/mol. The molecule has 0 spiro atoms. The van der Waals surface area contributed by atoms with Crippen molar-refractivity contribution in [1.29, 1.82) is 5.41 Å². The maximum absolute atomic E-state index is 13.4. The van der Waals surface area contributed by atoms with Crippen molar-refractivity contribution in [2.75, 3.05) is 23.3 Å². The van der Waals surface area contributed by atoms with Crippen LogP contribution in [0, 0.1) is 5.41 Å². The number of carbonyl (C=O) groups excluding carboxylic acids is 1. The molecule has 3 rings (SSSR count). The molecule has 0 saturated heterocycles. The molecule has 0 atom stereocenters. The number of aromatic nitrogens is 2. The molecule has 0 radical (unpaired) electrons. The van der Waals surface area contributed by atoms with Crippen molar-refractivity contribution in [2.45, 2.75) is 57.5 Å². The van der Waals surface area contributed by atoms with Gasteiger partial charge in [-0.05, 0) is 50.5 Å². The highest BCUT2D eigenvalue weighted by atomic mass is 32.2. The van der Waals surface area contributed by atoms with Crippen LogP contribution in [0.3, 0.4) is 0 Å². The van der Waals surface area contributed by atoms with E-state index in [0.717, 1.165) is 12.0 Å². The maximum atomic E-state index is 13.4. The zero-order chi connectivity index (χ0) is 29.4. The van der Waals surface area contributed by atoms with E-state index in [1.807, 2.05) is 32.9 Å². The molecule has 0 bridgehead atoms. The highest BCUT2D eigenvalue weighted by Gasteiger charge is 2.20. The van der Waals surface area contributed by atoms with Crippen LogP contribution in [-0.4, -0.2) is 48.1 Å². The first-order valence-corrected chi connectivity index (χ1v) is 14.7. The number of sulfone groups is 1. The highest BCUT2D eigenvalue weighted by Crippen LogP contribution is 2.26. The molecule has 11 nitrogen and oxygen atoms in total. The van der Waals surface area contributed by atoms with E-state index in [9.17, 15) is 18.0 Å². The fourth-order valence-corrected chi connectivity index (χ4v) is 5.58. The van der Waals surface area contributed by atoms with E-state index in [2.05, 4.69) is 15.6 Å². The molecule has 1 aliphatic rings. The second-order valence-corrected chi connectivity index (χ2v) is 12.0. The second kappa shape index (κ2) is 13.2. The van der Waals surface area contributed by atoms with E-state index in [1.54, 1.807) is 18.2 Å². The number of amides is 1. The Hall–Kier alpha value is -4.19. The van der Waals surface area contributed by atoms with Gasteiger partial charge in [0, 0.05) is 29.4 Å². The molecule has 1 amide bonds. The van der Waals surface area contributed by atoms with E-state index >= 15 is 0 Å². The number of nitrogen functional groups attached to an aromatic ring is 1. The summed E-state index contributed by atoms with van der Waals surface area (Å²) in [5, 5.41) is 13.4. The van der Waals surface area contributed by atoms with Gasteiger partial charge in [-0.2, -0.15) is 0 Å². The number of carbonyl (C=O) groups is 1. The van der Waals surface area contributed by atoms with E-state index in [1.165, 1.54) is 22.9 Å². The van der Waals surface area contributed by atoms with Crippen LogP contribution in [0.1, 0.15) is 40.0 Å².